The highest BCUT2D eigenvalue weighted by atomic mass is 79.9. The number of carbonyl (C=O) groups excluding carboxylic acids is 1. The topological polar surface area (TPSA) is 49.7 Å². The molecule has 0 radical (unpaired) electrons. The molecule has 114 valence electrons. The monoisotopic (exact) mass is 361 g/mol. The van der Waals surface area contributed by atoms with Crippen molar-refractivity contribution in [3.05, 3.63) is 53.1 Å². The van der Waals surface area contributed by atoms with Crippen molar-refractivity contribution in [3.63, 3.8) is 0 Å². The van der Waals surface area contributed by atoms with E-state index < -0.39 is 0 Å². The minimum atomic E-state index is -0.0522. The number of H-pyrrole nitrogens is 1. The molecule has 0 bridgehead atoms. The normalized spacial score (nSPS) is 14.8. The van der Waals surface area contributed by atoms with Crippen molar-refractivity contribution in [3.8, 4) is 0 Å². The summed E-state index contributed by atoms with van der Waals surface area (Å²) in [6, 6.07) is 13.6. The molecular formula is C16H18BrN4O+. The van der Waals surface area contributed by atoms with Crippen LogP contribution in [0.3, 0.4) is 0 Å². The molecule has 0 saturated carbocycles. The van der Waals surface area contributed by atoms with Crippen LogP contribution in [0.4, 0.5) is 16.3 Å². The largest absolute Gasteiger partial charge is 0.322 e. The van der Waals surface area contributed by atoms with E-state index in [4.69, 9.17) is 0 Å². The zero-order valence-electron chi connectivity index (χ0n) is 12.1. The summed E-state index contributed by atoms with van der Waals surface area (Å²) in [5, 5.41) is 2.95. The summed E-state index contributed by atoms with van der Waals surface area (Å²) in [7, 11) is 0. The molecule has 1 saturated heterocycles. The van der Waals surface area contributed by atoms with Crippen molar-refractivity contribution >= 4 is 33.5 Å². The summed E-state index contributed by atoms with van der Waals surface area (Å²) in [4.78, 5) is 19.7. The quantitative estimate of drug-likeness (QED) is 0.893. The van der Waals surface area contributed by atoms with Crippen LogP contribution in [0.25, 0.3) is 0 Å². The number of aromatic amines is 1. The molecule has 1 aromatic heterocycles. The molecule has 2 heterocycles. The Kier molecular flexibility index (Phi) is 4.58. The lowest BCUT2D eigenvalue weighted by atomic mass is 10.3. The smallest absolute Gasteiger partial charge is 0.317 e. The van der Waals surface area contributed by atoms with E-state index in [9.17, 15) is 4.79 Å². The molecule has 22 heavy (non-hydrogen) atoms. The maximum absolute atomic E-state index is 12.3. The van der Waals surface area contributed by atoms with E-state index in [1.54, 1.807) is 0 Å². The molecule has 3 rings (SSSR count). The van der Waals surface area contributed by atoms with Gasteiger partial charge in [0.05, 0.1) is 25.0 Å². The highest BCUT2D eigenvalue weighted by Gasteiger charge is 2.26. The van der Waals surface area contributed by atoms with E-state index in [0.29, 0.717) is 13.1 Å². The average molecular weight is 362 g/mol. The SMILES string of the molecule is O=C(Nc1ccccc1Br)N1CCN(c2cccc[nH+]2)CC1. The number of hydrogen-bond donors (Lipinski definition) is 1. The molecule has 1 aromatic carbocycles. The fourth-order valence-corrected chi connectivity index (χ4v) is 2.87. The Bertz CT molecular complexity index is 642. The number of urea groups is 1. The Hall–Kier alpha value is -2.08. The lowest BCUT2D eigenvalue weighted by Gasteiger charge is -2.31. The first kappa shape index (κ1) is 14.8. The minimum Gasteiger partial charge on any atom is -0.317 e. The van der Waals surface area contributed by atoms with Gasteiger partial charge in [-0.3, -0.25) is 4.90 Å². The number of para-hydroxylation sites is 1. The first-order valence-corrected chi connectivity index (χ1v) is 8.05. The van der Waals surface area contributed by atoms with E-state index >= 15 is 0 Å². The van der Waals surface area contributed by atoms with Crippen LogP contribution in [0.15, 0.2) is 53.1 Å². The molecule has 2 aromatic rings. The van der Waals surface area contributed by atoms with Crippen molar-refractivity contribution in [1.82, 2.24) is 4.90 Å². The Morgan fingerprint density at radius 1 is 1.05 bits per heavy atom. The second kappa shape index (κ2) is 6.79. The van der Waals surface area contributed by atoms with E-state index in [1.165, 1.54) is 0 Å². The number of piperazine rings is 1. The van der Waals surface area contributed by atoms with Gasteiger partial charge in [0.1, 0.15) is 13.1 Å². The summed E-state index contributed by atoms with van der Waals surface area (Å²) in [6.07, 6.45) is 1.92. The number of anilines is 2. The Morgan fingerprint density at radius 3 is 2.45 bits per heavy atom. The van der Waals surface area contributed by atoms with Crippen molar-refractivity contribution in [2.75, 3.05) is 36.4 Å². The fraction of sp³-hybridized carbons (Fsp3) is 0.250. The molecular weight excluding hydrogens is 344 g/mol. The summed E-state index contributed by atoms with van der Waals surface area (Å²) in [5.41, 5.74) is 0.798. The molecule has 1 aliphatic heterocycles. The van der Waals surface area contributed by atoms with Crippen molar-refractivity contribution in [2.45, 2.75) is 0 Å². The highest BCUT2D eigenvalue weighted by molar-refractivity contribution is 9.10. The third kappa shape index (κ3) is 3.39. The molecule has 2 N–H and O–H groups in total. The van der Waals surface area contributed by atoms with E-state index in [1.807, 2.05) is 47.5 Å². The summed E-state index contributed by atoms with van der Waals surface area (Å²) < 4.78 is 0.890. The number of amides is 2. The fourth-order valence-electron chi connectivity index (χ4n) is 2.49. The molecule has 2 amide bonds. The van der Waals surface area contributed by atoms with Gasteiger partial charge in [0.2, 0.25) is 0 Å². The van der Waals surface area contributed by atoms with Gasteiger partial charge in [-0.1, -0.05) is 18.2 Å². The Morgan fingerprint density at radius 2 is 1.77 bits per heavy atom. The standard InChI is InChI=1S/C16H17BrN4O/c17-13-5-1-2-6-14(13)19-16(22)21-11-9-20(10-12-21)15-7-3-4-8-18-15/h1-8H,9-12H2,(H,19,22)/p+1. The molecule has 0 atom stereocenters. The second-order valence-corrected chi connectivity index (χ2v) is 5.99. The Labute approximate surface area is 138 Å². The number of hydrogen-bond acceptors (Lipinski definition) is 2. The van der Waals surface area contributed by atoms with Crippen LogP contribution >= 0.6 is 15.9 Å². The molecule has 5 nitrogen and oxygen atoms in total. The predicted octanol–water partition coefficient (Wildman–Crippen LogP) is 2.62. The van der Waals surface area contributed by atoms with Gasteiger partial charge in [0, 0.05) is 10.5 Å². The number of nitrogens with zero attached hydrogens (tertiary/aromatic N) is 2. The summed E-state index contributed by atoms with van der Waals surface area (Å²) >= 11 is 3.44. The van der Waals surface area contributed by atoms with Gasteiger partial charge in [0.15, 0.2) is 0 Å². The summed E-state index contributed by atoms with van der Waals surface area (Å²) in [6.45, 7) is 3.06. The van der Waals surface area contributed by atoms with Crippen LogP contribution in [0.2, 0.25) is 0 Å². The number of pyridine rings is 1. The van der Waals surface area contributed by atoms with Crippen LogP contribution in [0.1, 0.15) is 0 Å². The van der Waals surface area contributed by atoms with Gasteiger partial charge >= 0.3 is 6.03 Å². The van der Waals surface area contributed by atoms with Gasteiger partial charge in [-0.25, -0.2) is 9.78 Å². The third-order valence-corrected chi connectivity index (χ3v) is 4.41. The van der Waals surface area contributed by atoms with Crippen LogP contribution in [0, 0.1) is 0 Å². The van der Waals surface area contributed by atoms with Crippen molar-refractivity contribution < 1.29 is 9.78 Å². The molecule has 6 heteroatoms. The molecule has 0 spiro atoms. The van der Waals surface area contributed by atoms with Crippen molar-refractivity contribution in [2.24, 2.45) is 0 Å². The number of carbonyl (C=O) groups is 1. The maximum atomic E-state index is 12.3. The predicted molar refractivity (Wildman–Crippen MR) is 89.9 cm³/mol. The lowest BCUT2D eigenvalue weighted by molar-refractivity contribution is -0.364. The summed E-state index contributed by atoms with van der Waals surface area (Å²) in [5.74, 6) is 1.09. The minimum absolute atomic E-state index is 0.0522. The van der Waals surface area contributed by atoms with Crippen LogP contribution in [-0.2, 0) is 0 Å². The second-order valence-electron chi connectivity index (χ2n) is 5.13. The van der Waals surface area contributed by atoms with Gasteiger partial charge < -0.3 is 10.2 Å². The van der Waals surface area contributed by atoms with Gasteiger partial charge in [0.25, 0.3) is 5.82 Å². The van der Waals surface area contributed by atoms with Gasteiger partial charge in [-0.2, -0.15) is 0 Å². The number of rotatable bonds is 2. The van der Waals surface area contributed by atoms with E-state index in [2.05, 4.69) is 37.2 Å². The average Bonchev–Trinajstić information content (AvgIpc) is 2.58. The zero-order chi connectivity index (χ0) is 15.4. The molecule has 0 unspecified atom stereocenters. The Balaban J connectivity index is 1.57. The van der Waals surface area contributed by atoms with Crippen molar-refractivity contribution in [1.29, 1.82) is 0 Å². The third-order valence-electron chi connectivity index (χ3n) is 3.72. The zero-order valence-corrected chi connectivity index (χ0v) is 13.7. The first-order valence-electron chi connectivity index (χ1n) is 7.26. The van der Waals surface area contributed by atoms with Gasteiger partial charge in [-0.05, 0) is 34.1 Å². The molecule has 0 aliphatic carbocycles. The van der Waals surface area contributed by atoms with Crippen LogP contribution in [0.5, 0.6) is 0 Å². The number of benzene rings is 1. The number of nitrogens with one attached hydrogen (secondary N) is 2. The van der Waals surface area contributed by atoms with E-state index in [-0.39, 0.29) is 6.03 Å². The first-order chi connectivity index (χ1) is 10.7. The highest BCUT2D eigenvalue weighted by Crippen LogP contribution is 2.21. The number of halogens is 1. The maximum Gasteiger partial charge on any atom is 0.322 e. The van der Waals surface area contributed by atoms with Crippen LogP contribution < -0.4 is 15.2 Å². The number of aromatic nitrogens is 1. The molecule has 1 aliphatic rings. The van der Waals surface area contributed by atoms with E-state index in [0.717, 1.165) is 29.1 Å². The van der Waals surface area contributed by atoms with Gasteiger partial charge in [-0.15, -0.1) is 0 Å². The molecule has 1 fully saturated rings. The van der Waals surface area contributed by atoms with Crippen LogP contribution in [-0.4, -0.2) is 37.1 Å². The lowest BCUT2D eigenvalue weighted by Crippen LogP contribution is -2.51.